The fraction of sp³-hybridized carbons (Fsp3) is 0.800. The molecule has 0 N–H and O–H groups in total. The molecule has 0 heterocycles. The van der Waals surface area contributed by atoms with Crippen LogP contribution in [0.5, 0.6) is 0 Å². The first-order valence-electron chi connectivity index (χ1n) is 7.00. The Bertz CT molecular complexity index is 306. The number of rotatable bonds is 3. The maximum atomic E-state index is 11.3. The smallest absolute Gasteiger partial charge is 0.330 e. The molecule has 0 aromatic rings. The van der Waals surface area contributed by atoms with Crippen molar-refractivity contribution in [3.05, 3.63) is 12.7 Å². The summed E-state index contributed by atoms with van der Waals surface area (Å²) < 4.78 is 5.47. The Hall–Kier alpha value is -0.790. The van der Waals surface area contributed by atoms with Gasteiger partial charge in [0.05, 0.1) is 0 Å². The van der Waals surface area contributed by atoms with Crippen molar-refractivity contribution in [1.29, 1.82) is 0 Å². The molecule has 0 spiro atoms. The highest BCUT2D eigenvalue weighted by atomic mass is 16.5. The second-order valence-electron chi connectivity index (χ2n) is 6.35. The van der Waals surface area contributed by atoms with Crippen molar-refractivity contribution >= 4 is 5.97 Å². The van der Waals surface area contributed by atoms with Crippen molar-refractivity contribution in [3.8, 4) is 0 Å². The van der Waals surface area contributed by atoms with Crippen molar-refractivity contribution < 1.29 is 9.53 Å². The molecule has 0 aromatic heterocycles. The molecular formula is C15H22O2. The molecule has 94 valence electrons. The van der Waals surface area contributed by atoms with Gasteiger partial charge in [0.1, 0.15) is 6.10 Å². The molecule has 2 heteroatoms. The minimum atomic E-state index is -0.258. The highest BCUT2D eigenvalue weighted by Gasteiger charge is 2.50. The van der Waals surface area contributed by atoms with Crippen molar-refractivity contribution in [2.75, 3.05) is 0 Å². The van der Waals surface area contributed by atoms with E-state index < -0.39 is 0 Å². The Morgan fingerprint density at radius 1 is 1.18 bits per heavy atom. The van der Waals surface area contributed by atoms with E-state index >= 15 is 0 Å². The quantitative estimate of drug-likeness (QED) is 0.554. The highest BCUT2D eigenvalue weighted by molar-refractivity contribution is 5.81. The molecule has 1 atom stereocenters. The third-order valence-electron chi connectivity index (χ3n) is 5.31. The van der Waals surface area contributed by atoms with Gasteiger partial charge in [-0.1, -0.05) is 6.58 Å². The van der Waals surface area contributed by atoms with Gasteiger partial charge in [0, 0.05) is 12.0 Å². The van der Waals surface area contributed by atoms with Gasteiger partial charge in [0.15, 0.2) is 0 Å². The zero-order valence-corrected chi connectivity index (χ0v) is 10.6. The first kappa shape index (κ1) is 11.3. The van der Waals surface area contributed by atoms with Crippen LogP contribution in [0.1, 0.15) is 39.0 Å². The van der Waals surface area contributed by atoms with Crippen LogP contribution in [0.25, 0.3) is 0 Å². The fourth-order valence-electron chi connectivity index (χ4n) is 5.04. The average Bonchev–Trinajstić information content (AvgIpc) is 2.27. The first-order chi connectivity index (χ1) is 8.17. The topological polar surface area (TPSA) is 26.3 Å². The number of hydrogen-bond acceptors (Lipinski definition) is 2. The van der Waals surface area contributed by atoms with Crippen molar-refractivity contribution in [1.82, 2.24) is 0 Å². The average molecular weight is 234 g/mol. The monoisotopic (exact) mass is 234 g/mol. The molecule has 1 unspecified atom stereocenters. The Morgan fingerprint density at radius 3 is 2.18 bits per heavy atom. The number of carbonyl (C=O) groups excluding carboxylic acids is 1. The molecule has 4 aliphatic rings. The van der Waals surface area contributed by atoms with Gasteiger partial charge in [-0.2, -0.15) is 0 Å². The third-order valence-corrected chi connectivity index (χ3v) is 5.31. The zero-order chi connectivity index (χ0) is 12.0. The van der Waals surface area contributed by atoms with Crippen molar-refractivity contribution in [2.24, 2.45) is 29.6 Å². The van der Waals surface area contributed by atoms with E-state index in [0.29, 0.717) is 5.92 Å². The molecule has 4 rings (SSSR count). The highest BCUT2D eigenvalue weighted by Crippen LogP contribution is 2.57. The molecule has 4 saturated carbocycles. The summed E-state index contributed by atoms with van der Waals surface area (Å²) in [5.74, 6) is 3.96. The molecule has 4 bridgehead atoms. The second-order valence-corrected chi connectivity index (χ2v) is 6.35. The predicted molar refractivity (Wildman–Crippen MR) is 66.3 cm³/mol. The van der Waals surface area contributed by atoms with Crippen LogP contribution in [0.2, 0.25) is 0 Å². The van der Waals surface area contributed by atoms with Gasteiger partial charge in [-0.25, -0.2) is 4.79 Å². The van der Waals surface area contributed by atoms with Gasteiger partial charge in [-0.15, -0.1) is 0 Å². The summed E-state index contributed by atoms with van der Waals surface area (Å²) in [6, 6.07) is 0. The van der Waals surface area contributed by atoms with E-state index in [2.05, 4.69) is 13.5 Å². The zero-order valence-electron chi connectivity index (χ0n) is 10.6. The van der Waals surface area contributed by atoms with Gasteiger partial charge in [-0.05, 0) is 62.7 Å². The van der Waals surface area contributed by atoms with E-state index in [-0.39, 0.29) is 12.1 Å². The van der Waals surface area contributed by atoms with Crippen LogP contribution in [0.3, 0.4) is 0 Å². The summed E-state index contributed by atoms with van der Waals surface area (Å²) in [5, 5.41) is 0. The number of carbonyl (C=O) groups is 1. The standard InChI is InChI=1S/C15H22O2/c1-3-14(16)17-9(2)15-12-5-10-4-11(7-12)8-13(15)6-10/h3,9-13,15H,1,4-8H2,2H3. The van der Waals surface area contributed by atoms with Crippen LogP contribution in [0, 0.1) is 29.6 Å². The maximum Gasteiger partial charge on any atom is 0.330 e. The summed E-state index contributed by atoms with van der Waals surface area (Å²) in [6.07, 6.45) is 8.37. The van der Waals surface area contributed by atoms with Crippen LogP contribution in [-0.4, -0.2) is 12.1 Å². The SMILES string of the molecule is C=CC(=O)OC(C)C1C2CC3CC(C2)CC1C3. The molecule has 0 radical (unpaired) electrons. The largest absolute Gasteiger partial charge is 0.459 e. The van der Waals surface area contributed by atoms with Gasteiger partial charge in [0.2, 0.25) is 0 Å². The second kappa shape index (κ2) is 4.15. The summed E-state index contributed by atoms with van der Waals surface area (Å²) in [6.45, 7) is 5.55. The number of esters is 1. The summed E-state index contributed by atoms with van der Waals surface area (Å²) >= 11 is 0. The van der Waals surface area contributed by atoms with Crippen LogP contribution >= 0.6 is 0 Å². The minimum Gasteiger partial charge on any atom is -0.459 e. The van der Waals surface area contributed by atoms with E-state index in [0.717, 1.165) is 23.7 Å². The molecule has 0 aromatic carbocycles. The normalized spacial score (nSPS) is 44.4. The summed E-state index contributed by atoms with van der Waals surface area (Å²) in [5.41, 5.74) is 0. The number of ether oxygens (including phenoxy) is 1. The van der Waals surface area contributed by atoms with Crippen LogP contribution < -0.4 is 0 Å². The van der Waals surface area contributed by atoms with Gasteiger partial charge < -0.3 is 4.74 Å². The molecular weight excluding hydrogens is 212 g/mol. The molecule has 4 fully saturated rings. The molecule has 17 heavy (non-hydrogen) atoms. The van der Waals surface area contributed by atoms with Crippen molar-refractivity contribution in [3.63, 3.8) is 0 Å². The maximum absolute atomic E-state index is 11.3. The Balaban J connectivity index is 1.71. The fourth-order valence-corrected chi connectivity index (χ4v) is 5.04. The lowest BCUT2D eigenvalue weighted by molar-refractivity contribution is -0.154. The van der Waals surface area contributed by atoms with E-state index in [1.807, 2.05) is 0 Å². The van der Waals surface area contributed by atoms with E-state index in [4.69, 9.17) is 4.74 Å². The van der Waals surface area contributed by atoms with Gasteiger partial charge in [-0.3, -0.25) is 0 Å². The lowest BCUT2D eigenvalue weighted by Crippen LogP contribution is -2.49. The Labute approximate surface area is 103 Å². The Kier molecular flexibility index (Phi) is 2.76. The molecule has 0 amide bonds. The lowest BCUT2D eigenvalue weighted by Gasteiger charge is -2.55. The lowest BCUT2D eigenvalue weighted by atomic mass is 9.51. The summed E-state index contributed by atoms with van der Waals surface area (Å²) in [4.78, 5) is 11.3. The molecule has 4 aliphatic carbocycles. The van der Waals surface area contributed by atoms with Crippen LogP contribution in [0.4, 0.5) is 0 Å². The van der Waals surface area contributed by atoms with Gasteiger partial charge >= 0.3 is 5.97 Å². The van der Waals surface area contributed by atoms with Crippen LogP contribution in [-0.2, 0) is 9.53 Å². The van der Waals surface area contributed by atoms with E-state index in [1.165, 1.54) is 38.2 Å². The van der Waals surface area contributed by atoms with E-state index in [1.54, 1.807) is 0 Å². The predicted octanol–water partition coefficient (Wildman–Crippen LogP) is 3.18. The number of hydrogen-bond donors (Lipinski definition) is 0. The molecule has 0 aliphatic heterocycles. The summed E-state index contributed by atoms with van der Waals surface area (Å²) in [7, 11) is 0. The molecule has 0 saturated heterocycles. The van der Waals surface area contributed by atoms with Gasteiger partial charge in [0.25, 0.3) is 0 Å². The first-order valence-corrected chi connectivity index (χ1v) is 7.00. The Morgan fingerprint density at radius 2 is 1.71 bits per heavy atom. The van der Waals surface area contributed by atoms with Crippen LogP contribution in [0.15, 0.2) is 12.7 Å². The van der Waals surface area contributed by atoms with Crippen molar-refractivity contribution in [2.45, 2.75) is 45.1 Å². The minimum absolute atomic E-state index is 0.0792. The molecule has 2 nitrogen and oxygen atoms in total. The van der Waals surface area contributed by atoms with E-state index in [9.17, 15) is 4.79 Å². The third kappa shape index (κ3) is 1.92.